The van der Waals surface area contributed by atoms with Gasteiger partial charge >= 0.3 is 0 Å². The van der Waals surface area contributed by atoms with E-state index in [1.54, 1.807) is 0 Å². The lowest BCUT2D eigenvalue weighted by atomic mass is 9.90. The van der Waals surface area contributed by atoms with E-state index in [1.807, 2.05) is 11.9 Å². The van der Waals surface area contributed by atoms with E-state index in [0.717, 1.165) is 32.4 Å². The van der Waals surface area contributed by atoms with Gasteiger partial charge in [-0.3, -0.25) is 4.79 Å². The largest absolute Gasteiger partial charge is 0.343 e. The minimum Gasteiger partial charge on any atom is -0.343 e. The highest BCUT2D eigenvalue weighted by atomic mass is 16.2. The maximum atomic E-state index is 11.9. The number of carbonyl (C=O) groups is 1. The van der Waals surface area contributed by atoms with Gasteiger partial charge in [0.1, 0.15) is 0 Å². The van der Waals surface area contributed by atoms with E-state index < -0.39 is 0 Å². The van der Waals surface area contributed by atoms with Gasteiger partial charge in [0, 0.05) is 25.6 Å². The summed E-state index contributed by atoms with van der Waals surface area (Å²) >= 11 is 0. The van der Waals surface area contributed by atoms with Crippen LogP contribution in [0.3, 0.4) is 0 Å². The van der Waals surface area contributed by atoms with E-state index >= 15 is 0 Å². The molecule has 16 heavy (non-hydrogen) atoms. The first-order valence-corrected chi connectivity index (χ1v) is 6.37. The van der Waals surface area contributed by atoms with Crippen molar-refractivity contribution in [1.82, 2.24) is 10.2 Å². The monoisotopic (exact) mass is 226 g/mol. The first-order chi connectivity index (χ1) is 7.42. The van der Waals surface area contributed by atoms with Gasteiger partial charge in [0.05, 0.1) is 0 Å². The van der Waals surface area contributed by atoms with Gasteiger partial charge in [0.25, 0.3) is 0 Å². The van der Waals surface area contributed by atoms with E-state index in [9.17, 15) is 4.79 Å². The normalized spacial score (nSPS) is 18.9. The number of amides is 1. The molecule has 0 atom stereocenters. The molecule has 1 aliphatic rings. The zero-order valence-corrected chi connectivity index (χ0v) is 11.2. The quantitative estimate of drug-likeness (QED) is 0.798. The zero-order chi connectivity index (χ0) is 12.2. The second-order valence-electron chi connectivity index (χ2n) is 6.00. The molecule has 0 bridgehead atoms. The van der Waals surface area contributed by atoms with Crippen LogP contribution in [0.2, 0.25) is 0 Å². The van der Waals surface area contributed by atoms with Crippen LogP contribution in [-0.4, -0.2) is 37.0 Å². The number of nitrogens with one attached hydrogen (secondary N) is 1. The average molecular weight is 226 g/mol. The van der Waals surface area contributed by atoms with Crippen LogP contribution >= 0.6 is 0 Å². The van der Waals surface area contributed by atoms with Crippen LogP contribution in [0.1, 0.15) is 46.5 Å². The summed E-state index contributed by atoms with van der Waals surface area (Å²) in [7, 11) is 2.00. The molecule has 0 aromatic carbocycles. The summed E-state index contributed by atoms with van der Waals surface area (Å²) < 4.78 is 0. The summed E-state index contributed by atoms with van der Waals surface area (Å²) in [4.78, 5) is 14.0. The first-order valence-electron chi connectivity index (χ1n) is 6.37. The van der Waals surface area contributed by atoms with Crippen molar-refractivity contribution in [2.75, 3.05) is 20.1 Å². The predicted molar refractivity (Wildman–Crippen MR) is 67.4 cm³/mol. The van der Waals surface area contributed by atoms with Crippen molar-refractivity contribution < 1.29 is 4.79 Å². The lowest BCUT2D eigenvalue weighted by molar-refractivity contribution is -0.132. The average Bonchev–Trinajstić information content (AvgIpc) is 2.25. The highest BCUT2D eigenvalue weighted by Gasteiger charge is 2.22. The van der Waals surface area contributed by atoms with E-state index in [-0.39, 0.29) is 5.41 Å². The Labute approximate surface area is 99.6 Å². The van der Waals surface area contributed by atoms with Crippen molar-refractivity contribution in [3.05, 3.63) is 0 Å². The first kappa shape index (κ1) is 13.5. The molecule has 0 radical (unpaired) electrons. The Bertz CT molecular complexity index is 225. The van der Waals surface area contributed by atoms with Crippen molar-refractivity contribution >= 4 is 5.91 Å². The molecule has 1 N–H and O–H groups in total. The molecule has 1 saturated heterocycles. The molecule has 3 nitrogen and oxygen atoms in total. The van der Waals surface area contributed by atoms with E-state index in [2.05, 4.69) is 26.1 Å². The number of carbonyl (C=O) groups excluding carboxylic acids is 1. The number of hydrogen-bond acceptors (Lipinski definition) is 2. The van der Waals surface area contributed by atoms with Gasteiger partial charge in [-0.25, -0.2) is 0 Å². The smallest absolute Gasteiger partial charge is 0.222 e. The molecular weight excluding hydrogens is 200 g/mol. The topological polar surface area (TPSA) is 32.3 Å². The van der Waals surface area contributed by atoms with E-state index in [1.165, 1.54) is 0 Å². The van der Waals surface area contributed by atoms with Crippen molar-refractivity contribution in [2.45, 2.75) is 52.5 Å². The van der Waals surface area contributed by atoms with Crippen molar-refractivity contribution in [3.8, 4) is 0 Å². The molecule has 0 saturated carbocycles. The van der Waals surface area contributed by atoms with Gasteiger partial charge in [-0.2, -0.15) is 0 Å². The van der Waals surface area contributed by atoms with Gasteiger partial charge < -0.3 is 10.2 Å². The van der Waals surface area contributed by atoms with Gasteiger partial charge in [-0.15, -0.1) is 0 Å². The molecule has 0 aromatic heterocycles. The molecule has 0 unspecified atom stereocenters. The van der Waals surface area contributed by atoms with Gasteiger partial charge in [0.15, 0.2) is 0 Å². The maximum absolute atomic E-state index is 11.9. The Morgan fingerprint density at radius 3 is 2.31 bits per heavy atom. The van der Waals surface area contributed by atoms with Gasteiger partial charge in [-0.1, -0.05) is 20.8 Å². The van der Waals surface area contributed by atoms with E-state index in [0.29, 0.717) is 18.4 Å². The third kappa shape index (κ3) is 4.52. The lowest BCUT2D eigenvalue weighted by Gasteiger charge is -2.32. The Hall–Kier alpha value is -0.570. The third-order valence-electron chi connectivity index (χ3n) is 3.34. The fourth-order valence-electron chi connectivity index (χ4n) is 2.06. The van der Waals surface area contributed by atoms with Crippen LogP contribution in [0.5, 0.6) is 0 Å². The lowest BCUT2D eigenvalue weighted by Crippen LogP contribution is -2.44. The number of nitrogens with zero attached hydrogens (tertiary/aromatic N) is 1. The molecule has 0 aromatic rings. The minimum absolute atomic E-state index is 0.263. The van der Waals surface area contributed by atoms with Crippen LogP contribution in [0.25, 0.3) is 0 Å². The summed E-state index contributed by atoms with van der Waals surface area (Å²) in [5, 5.41) is 3.28. The molecule has 1 rings (SSSR count). The zero-order valence-electron chi connectivity index (χ0n) is 11.2. The number of rotatable bonds is 3. The van der Waals surface area contributed by atoms with Crippen molar-refractivity contribution in [1.29, 1.82) is 0 Å². The Morgan fingerprint density at radius 2 is 1.88 bits per heavy atom. The molecule has 1 amide bonds. The second-order valence-corrected chi connectivity index (χ2v) is 6.00. The summed E-state index contributed by atoms with van der Waals surface area (Å²) in [6.07, 6.45) is 3.88. The van der Waals surface area contributed by atoms with Crippen molar-refractivity contribution in [2.24, 2.45) is 5.41 Å². The Kier molecular flexibility index (Phi) is 4.78. The fourth-order valence-corrected chi connectivity index (χ4v) is 2.06. The second kappa shape index (κ2) is 5.67. The predicted octanol–water partition coefficient (Wildman–Crippen LogP) is 2.02. The minimum atomic E-state index is 0.263. The van der Waals surface area contributed by atoms with Crippen LogP contribution in [-0.2, 0) is 4.79 Å². The molecule has 0 spiro atoms. The Morgan fingerprint density at radius 1 is 1.31 bits per heavy atom. The SMILES string of the molecule is CNC1CCN(C(=O)CCC(C)(C)C)CC1. The van der Waals surface area contributed by atoms with Crippen LogP contribution in [0.15, 0.2) is 0 Å². The van der Waals surface area contributed by atoms with Crippen LogP contribution < -0.4 is 5.32 Å². The molecule has 1 fully saturated rings. The highest BCUT2D eigenvalue weighted by molar-refractivity contribution is 5.76. The standard InChI is InChI=1S/C13H26N2O/c1-13(2,3)8-5-12(16)15-9-6-11(14-4)7-10-15/h11,14H,5-10H2,1-4H3. The van der Waals surface area contributed by atoms with E-state index in [4.69, 9.17) is 0 Å². The third-order valence-corrected chi connectivity index (χ3v) is 3.34. The number of hydrogen-bond donors (Lipinski definition) is 1. The maximum Gasteiger partial charge on any atom is 0.222 e. The van der Waals surface area contributed by atoms with Gasteiger partial charge in [-0.05, 0) is 31.7 Å². The summed E-state index contributed by atoms with van der Waals surface area (Å²) in [6.45, 7) is 8.41. The van der Waals surface area contributed by atoms with Crippen LogP contribution in [0.4, 0.5) is 0 Å². The van der Waals surface area contributed by atoms with Crippen molar-refractivity contribution in [3.63, 3.8) is 0 Å². The number of piperidine rings is 1. The summed E-state index contributed by atoms with van der Waals surface area (Å²) in [5.74, 6) is 0.337. The molecule has 1 aliphatic heterocycles. The van der Waals surface area contributed by atoms with Gasteiger partial charge in [0.2, 0.25) is 5.91 Å². The molecular formula is C13H26N2O. The highest BCUT2D eigenvalue weighted by Crippen LogP contribution is 2.22. The summed E-state index contributed by atoms with van der Waals surface area (Å²) in [6, 6.07) is 0.603. The summed E-state index contributed by atoms with van der Waals surface area (Å²) in [5.41, 5.74) is 0.263. The van der Waals surface area contributed by atoms with Crippen LogP contribution in [0, 0.1) is 5.41 Å². The Balaban J connectivity index is 2.28. The molecule has 1 heterocycles. The number of likely N-dealkylation sites (tertiary alicyclic amines) is 1. The fraction of sp³-hybridized carbons (Fsp3) is 0.923. The molecule has 3 heteroatoms. The molecule has 0 aliphatic carbocycles. The molecule has 94 valence electrons.